The molecule has 0 spiro atoms. The summed E-state index contributed by atoms with van der Waals surface area (Å²) in [6, 6.07) is 7.79. The molecule has 28 heavy (non-hydrogen) atoms. The van der Waals surface area contributed by atoms with Crippen LogP contribution in [0.2, 0.25) is 0 Å². The van der Waals surface area contributed by atoms with E-state index in [1.54, 1.807) is 6.92 Å². The summed E-state index contributed by atoms with van der Waals surface area (Å²) in [5, 5.41) is 12.6. The zero-order valence-electron chi connectivity index (χ0n) is 16.8. The molecule has 1 aromatic carbocycles. The van der Waals surface area contributed by atoms with Gasteiger partial charge in [0.15, 0.2) is 11.7 Å². The molecule has 7 heteroatoms. The van der Waals surface area contributed by atoms with Crippen molar-refractivity contribution in [2.24, 2.45) is 10.7 Å². The number of Topliss-reactive ketones (excluding diaryl/α,β-unsaturated/α-hetero) is 1. The maximum absolute atomic E-state index is 11.7. The van der Waals surface area contributed by atoms with Gasteiger partial charge < -0.3 is 21.1 Å². The Morgan fingerprint density at radius 3 is 2.68 bits per heavy atom. The fourth-order valence-electron chi connectivity index (χ4n) is 3.92. The number of anilines is 1. The standard InChI is InChI=1S/C21H33N5O2/c1-16(28)17-5-4-6-18(15-17)23-21(24-20-8-3-2-7-19(20)22)26-11-9-25(10-12-26)13-14-27/h4-6,15,19-20,27H,2-3,7-14,22H2,1H3,(H,23,24)/t19-,20-/m0/s1. The molecule has 0 radical (unpaired) electrons. The summed E-state index contributed by atoms with van der Waals surface area (Å²) in [6.07, 6.45) is 4.38. The molecule has 1 heterocycles. The monoisotopic (exact) mass is 387 g/mol. The van der Waals surface area contributed by atoms with Crippen LogP contribution in [0.3, 0.4) is 0 Å². The number of carbonyl (C=O) groups is 1. The van der Waals surface area contributed by atoms with E-state index in [4.69, 9.17) is 10.7 Å². The maximum Gasteiger partial charge on any atom is 0.198 e. The summed E-state index contributed by atoms with van der Waals surface area (Å²) in [6.45, 7) is 5.96. The lowest BCUT2D eigenvalue weighted by Crippen LogP contribution is -2.52. The second kappa shape index (κ2) is 10.0. The number of hydrogen-bond donors (Lipinski definition) is 3. The Labute approximate surface area is 167 Å². The lowest BCUT2D eigenvalue weighted by molar-refractivity contribution is 0.101. The molecule has 1 aromatic rings. The van der Waals surface area contributed by atoms with Gasteiger partial charge in [-0.25, -0.2) is 4.99 Å². The van der Waals surface area contributed by atoms with Crippen LogP contribution in [0.5, 0.6) is 0 Å². The SMILES string of the molecule is CC(=O)c1cccc(NC(=N[C@H]2CCCC[C@@H]2N)N2CCN(CCO)CC2)c1. The van der Waals surface area contributed by atoms with E-state index >= 15 is 0 Å². The summed E-state index contributed by atoms with van der Waals surface area (Å²) in [5.41, 5.74) is 7.90. The van der Waals surface area contributed by atoms with Gasteiger partial charge in [0, 0.05) is 50.0 Å². The minimum atomic E-state index is 0.0501. The Morgan fingerprint density at radius 2 is 2.00 bits per heavy atom. The molecule has 1 aliphatic heterocycles. The third kappa shape index (κ3) is 5.53. The van der Waals surface area contributed by atoms with Crippen molar-refractivity contribution in [3.05, 3.63) is 29.8 Å². The fraction of sp³-hybridized carbons (Fsp3) is 0.619. The predicted octanol–water partition coefficient (Wildman–Crippen LogP) is 1.54. The van der Waals surface area contributed by atoms with Gasteiger partial charge in [-0.1, -0.05) is 25.0 Å². The van der Waals surface area contributed by atoms with E-state index < -0.39 is 0 Å². The summed E-state index contributed by atoms with van der Waals surface area (Å²) >= 11 is 0. The molecule has 0 aromatic heterocycles. The van der Waals surface area contributed by atoms with Crippen LogP contribution in [-0.2, 0) is 0 Å². The van der Waals surface area contributed by atoms with Crippen LogP contribution < -0.4 is 11.1 Å². The van der Waals surface area contributed by atoms with Crippen molar-refractivity contribution in [3.8, 4) is 0 Å². The quantitative estimate of drug-likeness (QED) is 0.403. The lowest BCUT2D eigenvalue weighted by Gasteiger charge is -2.37. The van der Waals surface area contributed by atoms with Crippen LogP contribution in [0.1, 0.15) is 43.0 Å². The third-order valence-electron chi connectivity index (χ3n) is 5.68. The molecule has 4 N–H and O–H groups in total. The number of rotatable bonds is 5. The molecule has 0 unspecified atom stereocenters. The molecular formula is C21H33N5O2. The topological polar surface area (TPSA) is 94.2 Å². The summed E-state index contributed by atoms with van der Waals surface area (Å²) in [5.74, 6) is 0.890. The van der Waals surface area contributed by atoms with Gasteiger partial charge in [0.25, 0.3) is 0 Å². The number of ketones is 1. The van der Waals surface area contributed by atoms with E-state index in [1.807, 2.05) is 24.3 Å². The molecule has 0 bridgehead atoms. The van der Waals surface area contributed by atoms with Gasteiger partial charge in [-0.05, 0) is 31.9 Å². The second-order valence-corrected chi connectivity index (χ2v) is 7.78. The number of aliphatic hydroxyl groups excluding tert-OH is 1. The molecular weight excluding hydrogens is 354 g/mol. The number of carbonyl (C=O) groups excluding carboxylic acids is 1. The molecule has 0 amide bonds. The van der Waals surface area contributed by atoms with E-state index in [0.29, 0.717) is 12.1 Å². The van der Waals surface area contributed by atoms with Gasteiger partial charge in [0.1, 0.15) is 0 Å². The molecule has 2 fully saturated rings. The highest BCUT2D eigenvalue weighted by Crippen LogP contribution is 2.21. The smallest absolute Gasteiger partial charge is 0.198 e. The minimum Gasteiger partial charge on any atom is -0.395 e. The zero-order valence-corrected chi connectivity index (χ0v) is 16.8. The molecule has 3 rings (SSSR count). The Bertz CT molecular complexity index is 685. The lowest BCUT2D eigenvalue weighted by atomic mass is 9.91. The Morgan fingerprint density at radius 1 is 1.25 bits per heavy atom. The Kier molecular flexibility index (Phi) is 7.42. The Hall–Kier alpha value is -1.96. The average molecular weight is 388 g/mol. The number of benzene rings is 1. The number of β-amino-alcohol motifs (C(OH)–C–C–N with tert-alkyl or cyclic N) is 1. The number of guanidine groups is 1. The molecule has 2 atom stereocenters. The van der Waals surface area contributed by atoms with Crippen molar-refractivity contribution < 1.29 is 9.90 Å². The number of piperazine rings is 1. The highest BCUT2D eigenvalue weighted by Gasteiger charge is 2.25. The van der Waals surface area contributed by atoms with E-state index in [-0.39, 0.29) is 24.5 Å². The van der Waals surface area contributed by atoms with Crippen molar-refractivity contribution in [2.45, 2.75) is 44.7 Å². The zero-order chi connectivity index (χ0) is 19.9. The van der Waals surface area contributed by atoms with Gasteiger partial charge in [0.2, 0.25) is 0 Å². The van der Waals surface area contributed by atoms with Crippen molar-refractivity contribution in [1.29, 1.82) is 0 Å². The van der Waals surface area contributed by atoms with Crippen LogP contribution in [0.15, 0.2) is 29.3 Å². The van der Waals surface area contributed by atoms with Gasteiger partial charge in [-0.15, -0.1) is 0 Å². The van der Waals surface area contributed by atoms with E-state index in [1.165, 1.54) is 12.8 Å². The predicted molar refractivity (Wildman–Crippen MR) is 113 cm³/mol. The van der Waals surface area contributed by atoms with Gasteiger partial charge >= 0.3 is 0 Å². The van der Waals surface area contributed by atoms with Crippen LogP contribution >= 0.6 is 0 Å². The first kappa shape index (κ1) is 20.8. The van der Waals surface area contributed by atoms with Gasteiger partial charge in [-0.3, -0.25) is 9.69 Å². The van der Waals surface area contributed by atoms with Crippen LogP contribution in [-0.4, -0.2) is 78.1 Å². The number of hydrogen-bond acceptors (Lipinski definition) is 5. The van der Waals surface area contributed by atoms with Crippen molar-refractivity contribution in [1.82, 2.24) is 9.80 Å². The highest BCUT2D eigenvalue weighted by molar-refractivity contribution is 5.98. The number of nitrogens with two attached hydrogens (primary N) is 1. The highest BCUT2D eigenvalue weighted by atomic mass is 16.3. The molecule has 2 aliphatic rings. The number of nitrogens with one attached hydrogen (secondary N) is 1. The van der Waals surface area contributed by atoms with E-state index in [9.17, 15) is 9.90 Å². The third-order valence-corrected chi connectivity index (χ3v) is 5.68. The van der Waals surface area contributed by atoms with Crippen LogP contribution in [0, 0.1) is 0 Å². The van der Waals surface area contributed by atoms with Gasteiger partial charge in [-0.2, -0.15) is 0 Å². The van der Waals surface area contributed by atoms with Crippen LogP contribution in [0.25, 0.3) is 0 Å². The van der Waals surface area contributed by atoms with Crippen LogP contribution in [0.4, 0.5) is 5.69 Å². The van der Waals surface area contributed by atoms with E-state index in [0.717, 1.165) is 50.7 Å². The number of aliphatic hydroxyl groups is 1. The summed E-state index contributed by atoms with van der Waals surface area (Å²) < 4.78 is 0. The van der Waals surface area contributed by atoms with Crippen molar-refractivity contribution in [2.75, 3.05) is 44.6 Å². The average Bonchev–Trinajstić information content (AvgIpc) is 2.70. The fourth-order valence-corrected chi connectivity index (χ4v) is 3.92. The molecule has 7 nitrogen and oxygen atoms in total. The maximum atomic E-state index is 11.7. The summed E-state index contributed by atoms with van der Waals surface area (Å²) in [4.78, 5) is 21.3. The number of aliphatic imine (C=N–C) groups is 1. The minimum absolute atomic E-state index is 0.0501. The first-order valence-corrected chi connectivity index (χ1v) is 10.4. The number of nitrogens with zero attached hydrogens (tertiary/aromatic N) is 3. The first-order chi connectivity index (χ1) is 13.6. The summed E-state index contributed by atoms with van der Waals surface area (Å²) in [7, 11) is 0. The van der Waals surface area contributed by atoms with Crippen molar-refractivity contribution >= 4 is 17.4 Å². The van der Waals surface area contributed by atoms with Gasteiger partial charge in [0.05, 0.1) is 12.6 Å². The normalized spacial score (nSPS) is 24.2. The van der Waals surface area contributed by atoms with Crippen molar-refractivity contribution in [3.63, 3.8) is 0 Å². The second-order valence-electron chi connectivity index (χ2n) is 7.78. The largest absolute Gasteiger partial charge is 0.395 e. The Balaban J connectivity index is 1.78. The molecule has 1 saturated heterocycles. The molecule has 1 saturated carbocycles. The first-order valence-electron chi connectivity index (χ1n) is 10.4. The van der Waals surface area contributed by atoms with E-state index in [2.05, 4.69) is 15.1 Å². The molecule has 1 aliphatic carbocycles. The molecule has 154 valence electrons.